The number of rotatable bonds is 4. The smallest absolute Gasteiger partial charge is 0.0581 e. The molecule has 0 spiro atoms. The van der Waals surface area contributed by atoms with Crippen LogP contribution in [-0.2, 0) is 4.74 Å². The van der Waals surface area contributed by atoms with Crippen molar-refractivity contribution < 1.29 is 4.74 Å². The van der Waals surface area contributed by atoms with Gasteiger partial charge in [0.05, 0.1) is 6.10 Å². The summed E-state index contributed by atoms with van der Waals surface area (Å²) in [5, 5.41) is 0.894. The lowest BCUT2D eigenvalue weighted by molar-refractivity contribution is 0.0877. The summed E-state index contributed by atoms with van der Waals surface area (Å²) in [6.07, 6.45) is 12.2. The van der Waals surface area contributed by atoms with Gasteiger partial charge in [-0.2, -0.15) is 11.8 Å². The first-order valence-corrected chi connectivity index (χ1v) is 9.07. The third-order valence-corrected chi connectivity index (χ3v) is 6.61. The highest BCUT2D eigenvalue weighted by Gasteiger charge is 2.32. The fourth-order valence-electron chi connectivity index (χ4n) is 4.27. The van der Waals surface area contributed by atoms with Gasteiger partial charge in [0.25, 0.3) is 0 Å². The Hall–Kier alpha value is 0.310. The first-order chi connectivity index (χ1) is 8.79. The average Bonchev–Trinajstić information content (AvgIpc) is 3.04. The van der Waals surface area contributed by atoms with Crippen LogP contribution in [0.3, 0.4) is 0 Å². The van der Waals surface area contributed by atoms with Crippen LogP contribution in [-0.4, -0.2) is 23.7 Å². The Bertz CT molecular complexity index is 262. The molecule has 104 valence electrons. The maximum atomic E-state index is 6.06. The highest BCUT2D eigenvalue weighted by atomic mass is 32.2. The van der Waals surface area contributed by atoms with Crippen LogP contribution in [0, 0.1) is 17.8 Å². The third kappa shape index (κ3) is 3.45. The molecule has 2 aliphatic heterocycles. The van der Waals surface area contributed by atoms with E-state index in [1.54, 1.807) is 0 Å². The van der Waals surface area contributed by atoms with Crippen LogP contribution in [0.25, 0.3) is 0 Å². The molecule has 2 heteroatoms. The van der Waals surface area contributed by atoms with Gasteiger partial charge < -0.3 is 4.74 Å². The standard InChI is InChI=1S/C16H28OS/c1-12-6-15(11-18-12)9-16-8-14(10-17-16)7-13-4-2-3-5-13/h12-16H,2-11H2,1H3. The minimum Gasteiger partial charge on any atom is -0.378 e. The Morgan fingerprint density at radius 2 is 1.83 bits per heavy atom. The fraction of sp³-hybridized carbons (Fsp3) is 1.00. The molecule has 4 atom stereocenters. The summed E-state index contributed by atoms with van der Waals surface area (Å²) in [5.74, 6) is 4.26. The fourth-order valence-corrected chi connectivity index (χ4v) is 5.55. The summed E-state index contributed by atoms with van der Waals surface area (Å²) in [6, 6.07) is 0. The topological polar surface area (TPSA) is 9.23 Å². The Morgan fingerprint density at radius 1 is 1.00 bits per heavy atom. The minimum atomic E-state index is 0.604. The van der Waals surface area contributed by atoms with Crippen LogP contribution in [0.1, 0.15) is 58.3 Å². The van der Waals surface area contributed by atoms with Crippen molar-refractivity contribution in [2.75, 3.05) is 12.4 Å². The molecule has 1 aliphatic carbocycles. The van der Waals surface area contributed by atoms with E-state index in [-0.39, 0.29) is 0 Å². The Balaban J connectivity index is 1.38. The largest absolute Gasteiger partial charge is 0.378 e. The molecule has 3 aliphatic rings. The molecule has 0 aromatic rings. The number of hydrogen-bond acceptors (Lipinski definition) is 2. The molecule has 0 aromatic heterocycles. The molecule has 3 rings (SSSR count). The van der Waals surface area contributed by atoms with E-state index < -0.39 is 0 Å². The van der Waals surface area contributed by atoms with Gasteiger partial charge in [0.2, 0.25) is 0 Å². The normalized spacial score (nSPS) is 41.8. The molecule has 0 amide bonds. The van der Waals surface area contributed by atoms with Crippen LogP contribution in [0.2, 0.25) is 0 Å². The van der Waals surface area contributed by atoms with E-state index in [1.807, 2.05) is 0 Å². The maximum absolute atomic E-state index is 6.06. The number of ether oxygens (including phenoxy) is 1. The first-order valence-electron chi connectivity index (χ1n) is 8.03. The molecule has 0 radical (unpaired) electrons. The van der Waals surface area contributed by atoms with Crippen molar-refractivity contribution >= 4 is 11.8 Å². The van der Waals surface area contributed by atoms with E-state index in [0.29, 0.717) is 6.10 Å². The average molecular weight is 268 g/mol. The molecule has 2 saturated heterocycles. The van der Waals surface area contributed by atoms with Gasteiger partial charge in [0.1, 0.15) is 0 Å². The second-order valence-corrected chi connectivity index (χ2v) is 8.40. The van der Waals surface area contributed by atoms with Crippen molar-refractivity contribution in [3.8, 4) is 0 Å². The molecule has 0 N–H and O–H groups in total. The lowest BCUT2D eigenvalue weighted by Crippen LogP contribution is -2.13. The summed E-state index contributed by atoms with van der Waals surface area (Å²) in [5.41, 5.74) is 0. The number of thioether (sulfide) groups is 1. The van der Waals surface area contributed by atoms with Gasteiger partial charge in [-0.1, -0.05) is 32.6 Å². The lowest BCUT2D eigenvalue weighted by atomic mass is 9.89. The Kier molecular flexibility index (Phi) is 4.56. The summed E-state index contributed by atoms with van der Waals surface area (Å²) in [4.78, 5) is 0. The molecule has 0 aromatic carbocycles. The van der Waals surface area contributed by atoms with Crippen molar-refractivity contribution in [1.82, 2.24) is 0 Å². The van der Waals surface area contributed by atoms with Gasteiger partial charge in [-0.3, -0.25) is 0 Å². The van der Waals surface area contributed by atoms with Crippen molar-refractivity contribution in [2.45, 2.75) is 69.6 Å². The summed E-state index contributed by atoms with van der Waals surface area (Å²) in [6.45, 7) is 3.44. The monoisotopic (exact) mass is 268 g/mol. The zero-order chi connectivity index (χ0) is 12.4. The predicted molar refractivity (Wildman–Crippen MR) is 79.1 cm³/mol. The van der Waals surface area contributed by atoms with Crippen LogP contribution >= 0.6 is 11.8 Å². The summed E-state index contributed by atoms with van der Waals surface area (Å²) < 4.78 is 6.06. The summed E-state index contributed by atoms with van der Waals surface area (Å²) >= 11 is 2.16. The maximum Gasteiger partial charge on any atom is 0.0581 e. The predicted octanol–water partition coefficient (Wildman–Crippen LogP) is 4.50. The van der Waals surface area contributed by atoms with Gasteiger partial charge >= 0.3 is 0 Å². The second-order valence-electron chi connectivity index (χ2n) is 6.92. The molecule has 4 unspecified atom stereocenters. The number of hydrogen-bond donors (Lipinski definition) is 0. The van der Waals surface area contributed by atoms with Crippen molar-refractivity contribution in [1.29, 1.82) is 0 Å². The van der Waals surface area contributed by atoms with Crippen molar-refractivity contribution in [2.24, 2.45) is 17.8 Å². The molecular formula is C16H28OS. The molecule has 0 bridgehead atoms. The van der Waals surface area contributed by atoms with Crippen LogP contribution in [0.15, 0.2) is 0 Å². The lowest BCUT2D eigenvalue weighted by Gasteiger charge is -2.15. The zero-order valence-corrected chi connectivity index (χ0v) is 12.6. The van der Waals surface area contributed by atoms with Gasteiger partial charge in [-0.15, -0.1) is 0 Å². The minimum absolute atomic E-state index is 0.604. The third-order valence-electron chi connectivity index (χ3n) is 5.18. The SMILES string of the molecule is CC1CC(CC2CC(CC3CCCC3)CO2)CS1. The summed E-state index contributed by atoms with van der Waals surface area (Å²) in [7, 11) is 0. The molecular weight excluding hydrogens is 240 g/mol. The van der Waals surface area contributed by atoms with E-state index in [4.69, 9.17) is 4.74 Å². The molecule has 3 fully saturated rings. The first kappa shape index (κ1) is 13.3. The van der Waals surface area contributed by atoms with Crippen molar-refractivity contribution in [3.63, 3.8) is 0 Å². The van der Waals surface area contributed by atoms with Gasteiger partial charge in [-0.25, -0.2) is 0 Å². The van der Waals surface area contributed by atoms with E-state index >= 15 is 0 Å². The highest BCUT2D eigenvalue weighted by molar-refractivity contribution is 8.00. The quantitative estimate of drug-likeness (QED) is 0.742. The van der Waals surface area contributed by atoms with E-state index in [2.05, 4.69) is 18.7 Å². The molecule has 1 saturated carbocycles. The zero-order valence-electron chi connectivity index (χ0n) is 11.8. The van der Waals surface area contributed by atoms with E-state index in [0.717, 1.165) is 29.6 Å². The molecule has 2 heterocycles. The van der Waals surface area contributed by atoms with Gasteiger partial charge in [0, 0.05) is 11.9 Å². The molecule has 18 heavy (non-hydrogen) atoms. The van der Waals surface area contributed by atoms with Crippen LogP contribution in [0.5, 0.6) is 0 Å². The van der Waals surface area contributed by atoms with E-state index in [9.17, 15) is 0 Å². The van der Waals surface area contributed by atoms with Gasteiger partial charge in [-0.05, 0) is 49.2 Å². The second kappa shape index (κ2) is 6.17. The Labute approximate surface area is 116 Å². The Morgan fingerprint density at radius 3 is 2.56 bits per heavy atom. The van der Waals surface area contributed by atoms with Crippen LogP contribution in [0.4, 0.5) is 0 Å². The van der Waals surface area contributed by atoms with Gasteiger partial charge in [0.15, 0.2) is 0 Å². The highest BCUT2D eigenvalue weighted by Crippen LogP contribution is 2.39. The van der Waals surface area contributed by atoms with E-state index in [1.165, 1.54) is 57.1 Å². The van der Waals surface area contributed by atoms with Crippen molar-refractivity contribution in [3.05, 3.63) is 0 Å². The van der Waals surface area contributed by atoms with Crippen LogP contribution < -0.4 is 0 Å². The molecule has 1 nitrogen and oxygen atoms in total.